The molecule has 1 aromatic heterocycles. The number of anilines is 1. The Morgan fingerprint density at radius 1 is 1.29 bits per heavy atom. The van der Waals surface area contributed by atoms with E-state index in [1.807, 2.05) is 0 Å². The molecule has 0 saturated heterocycles. The molecule has 21 heavy (non-hydrogen) atoms. The monoisotopic (exact) mass is 309 g/mol. The topological polar surface area (TPSA) is 85.1 Å². The minimum atomic E-state index is -3.79. The van der Waals surface area contributed by atoms with Gasteiger partial charge in [0.25, 0.3) is 0 Å². The van der Waals surface area contributed by atoms with Crippen molar-refractivity contribution in [3.05, 3.63) is 53.6 Å². The van der Waals surface area contributed by atoms with E-state index in [-0.39, 0.29) is 10.6 Å². The van der Waals surface area contributed by atoms with Crippen LogP contribution in [-0.4, -0.2) is 13.4 Å². The minimum Gasteiger partial charge on any atom is -0.396 e. The predicted molar refractivity (Wildman–Crippen MR) is 78.5 cm³/mol. The van der Waals surface area contributed by atoms with Crippen LogP contribution in [0.2, 0.25) is 0 Å². The SMILES string of the molecule is Cc1cc(F)c(N)cc1S(=O)(=O)NC(C)c1ccncc1. The third-order valence-electron chi connectivity index (χ3n) is 3.12. The van der Waals surface area contributed by atoms with Gasteiger partial charge in [0, 0.05) is 18.4 Å². The highest BCUT2D eigenvalue weighted by Crippen LogP contribution is 2.23. The molecule has 0 amide bonds. The smallest absolute Gasteiger partial charge is 0.241 e. The second-order valence-electron chi connectivity index (χ2n) is 4.76. The van der Waals surface area contributed by atoms with Gasteiger partial charge < -0.3 is 5.73 Å². The Balaban J connectivity index is 2.33. The summed E-state index contributed by atoms with van der Waals surface area (Å²) < 4.78 is 40.7. The summed E-state index contributed by atoms with van der Waals surface area (Å²) in [7, 11) is -3.79. The highest BCUT2D eigenvalue weighted by atomic mass is 32.2. The van der Waals surface area contributed by atoms with Crippen molar-refractivity contribution in [1.29, 1.82) is 0 Å². The third kappa shape index (κ3) is 3.37. The van der Waals surface area contributed by atoms with Crippen molar-refractivity contribution in [2.24, 2.45) is 0 Å². The van der Waals surface area contributed by atoms with E-state index >= 15 is 0 Å². The lowest BCUT2D eigenvalue weighted by Crippen LogP contribution is -2.27. The Hall–Kier alpha value is -1.99. The number of pyridine rings is 1. The van der Waals surface area contributed by atoms with Crippen LogP contribution in [0.15, 0.2) is 41.6 Å². The van der Waals surface area contributed by atoms with Gasteiger partial charge in [-0.2, -0.15) is 0 Å². The molecule has 0 fully saturated rings. The van der Waals surface area contributed by atoms with Crippen LogP contribution in [0.5, 0.6) is 0 Å². The van der Waals surface area contributed by atoms with E-state index in [2.05, 4.69) is 9.71 Å². The molecule has 0 bridgehead atoms. The molecule has 1 unspecified atom stereocenters. The maximum absolute atomic E-state index is 13.3. The van der Waals surface area contributed by atoms with E-state index in [4.69, 9.17) is 5.73 Å². The van der Waals surface area contributed by atoms with Gasteiger partial charge in [0.15, 0.2) is 0 Å². The molecular weight excluding hydrogens is 293 g/mol. The fourth-order valence-electron chi connectivity index (χ4n) is 1.97. The summed E-state index contributed by atoms with van der Waals surface area (Å²) in [5.74, 6) is -0.631. The van der Waals surface area contributed by atoms with E-state index in [1.165, 1.54) is 6.92 Å². The molecule has 1 heterocycles. The van der Waals surface area contributed by atoms with Gasteiger partial charge in [-0.25, -0.2) is 17.5 Å². The minimum absolute atomic E-state index is 0.0256. The second-order valence-corrected chi connectivity index (χ2v) is 6.45. The number of hydrogen-bond donors (Lipinski definition) is 2. The lowest BCUT2D eigenvalue weighted by atomic mass is 10.1. The number of aryl methyl sites for hydroxylation is 1. The second kappa shape index (κ2) is 5.79. The number of benzene rings is 1. The zero-order valence-corrected chi connectivity index (χ0v) is 12.5. The van der Waals surface area contributed by atoms with Crippen LogP contribution >= 0.6 is 0 Å². The normalized spacial score (nSPS) is 13.1. The van der Waals surface area contributed by atoms with Crippen LogP contribution in [0.3, 0.4) is 0 Å². The summed E-state index contributed by atoms with van der Waals surface area (Å²) >= 11 is 0. The average molecular weight is 309 g/mol. The molecule has 1 atom stereocenters. The van der Waals surface area contributed by atoms with Gasteiger partial charge in [-0.1, -0.05) is 0 Å². The number of nitrogens with two attached hydrogens (primary N) is 1. The first-order valence-corrected chi connectivity index (χ1v) is 7.77. The van der Waals surface area contributed by atoms with Crippen molar-refractivity contribution >= 4 is 15.7 Å². The molecule has 2 rings (SSSR count). The largest absolute Gasteiger partial charge is 0.396 e. The maximum Gasteiger partial charge on any atom is 0.241 e. The molecule has 112 valence electrons. The summed E-state index contributed by atoms with van der Waals surface area (Å²) in [6, 6.07) is 5.24. The van der Waals surface area contributed by atoms with Gasteiger partial charge in [-0.05, 0) is 49.2 Å². The van der Waals surface area contributed by atoms with Crippen molar-refractivity contribution in [3.8, 4) is 0 Å². The average Bonchev–Trinajstić information content (AvgIpc) is 2.43. The zero-order chi connectivity index (χ0) is 15.6. The van der Waals surface area contributed by atoms with Crippen LogP contribution in [0, 0.1) is 12.7 Å². The number of hydrogen-bond acceptors (Lipinski definition) is 4. The Kier molecular flexibility index (Phi) is 4.24. The van der Waals surface area contributed by atoms with Gasteiger partial charge in [-0.15, -0.1) is 0 Å². The van der Waals surface area contributed by atoms with Gasteiger partial charge in [0.1, 0.15) is 5.82 Å². The van der Waals surface area contributed by atoms with Crippen LogP contribution in [-0.2, 0) is 10.0 Å². The number of aromatic nitrogens is 1. The number of nitrogens with zero attached hydrogens (tertiary/aromatic N) is 1. The maximum atomic E-state index is 13.3. The molecule has 2 aromatic rings. The third-order valence-corrected chi connectivity index (χ3v) is 4.80. The number of sulfonamides is 1. The van der Waals surface area contributed by atoms with Crippen LogP contribution in [0.1, 0.15) is 24.1 Å². The molecule has 0 spiro atoms. The first-order chi connectivity index (χ1) is 9.81. The van der Waals surface area contributed by atoms with Crippen molar-refractivity contribution in [2.45, 2.75) is 24.8 Å². The molecule has 5 nitrogen and oxygen atoms in total. The van der Waals surface area contributed by atoms with Crippen LogP contribution in [0.25, 0.3) is 0 Å². The van der Waals surface area contributed by atoms with E-state index in [0.29, 0.717) is 5.56 Å². The fraction of sp³-hybridized carbons (Fsp3) is 0.214. The summed E-state index contributed by atoms with van der Waals surface area (Å²) in [4.78, 5) is 3.86. The molecule has 0 aliphatic carbocycles. The van der Waals surface area contributed by atoms with Crippen molar-refractivity contribution in [2.75, 3.05) is 5.73 Å². The Morgan fingerprint density at radius 2 is 1.90 bits per heavy atom. The number of rotatable bonds is 4. The molecule has 0 aliphatic heterocycles. The molecule has 0 aliphatic rings. The Bertz CT molecular complexity index is 748. The van der Waals surface area contributed by atoms with Gasteiger partial charge in [0.2, 0.25) is 10.0 Å². The van der Waals surface area contributed by atoms with Crippen LogP contribution in [0.4, 0.5) is 10.1 Å². The first kappa shape index (κ1) is 15.4. The molecule has 1 aromatic carbocycles. The van der Waals surface area contributed by atoms with Gasteiger partial charge in [-0.3, -0.25) is 4.98 Å². The van der Waals surface area contributed by atoms with E-state index in [9.17, 15) is 12.8 Å². The van der Waals surface area contributed by atoms with E-state index in [0.717, 1.165) is 17.7 Å². The predicted octanol–water partition coefficient (Wildman–Crippen LogP) is 2.15. The Morgan fingerprint density at radius 3 is 2.52 bits per heavy atom. The lowest BCUT2D eigenvalue weighted by Gasteiger charge is -2.16. The molecule has 0 saturated carbocycles. The fourth-order valence-corrected chi connectivity index (χ4v) is 3.47. The summed E-state index contributed by atoms with van der Waals surface area (Å²) in [5, 5.41) is 0. The number of nitrogen functional groups attached to an aromatic ring is 1. The molecule has 0 radical (unpaired) electrons. The van der Waals surface area contributed by atoms with Crippen molar-refractivity contribution < 1.29 is 12.8 Å². The zero-order valence-electron chi connectivity index (χ0n) is 11.7. The number of halogens is 1. The lowest BCUT2D eigenvalue weighted by molar-refractivity contribution is 0.565. The van der Waals surface area contributed by atoms with E-state index in [1.54, 1.807) is 31.5 Å². The van der Waals surface area contributed by atoms with Crippen LogP contribution < -0.4 is 10.5 Å². The summed E-state index contributed by atoms with van der Waals surface area (Å²) in [6.07, 6.45) is 3.17. The quantitative estimate of drug-likeness (QED) is 0.847. The molecule has 3 N–H and O–H groups in total. The standard InChI is InChI=1S/C14H16FN3O2S/c1-9-7-12(15)13(16)8-14(9)21(19,20)18-10(2)11-3-5-17-6-4-11/h3-8,10,18H,16H2,1-2H3. The Labute approximate surface area is 123 Å². The molecule has 7 heteroatoms. The van der Waals surface area contributed by atoms with Gasteiger partial charge >= 0.3 is 0 Å². The highest BCUT2D eigenvalue weighted by Gasteiger charge is 2.21. The van der Waals surface area contributed by atoms with Gasteiger partial charge in [0.05, 0.1) is 10.6 Å². The van der Waals surface area contributed by atoms with Crippen molar-refractivity contribution in [1.82, 2.24) is 9.71 Å². The first-order valence-electron chi connectivity index (χ1n) is 6.29. The van der Waals surface area contributed by atoms with Crippen molar-refractivity contribution in [3.63, 3.8) is 0 Å². The summed E-state index contributed by atoms with van der Waals surface area (Å²) in [6.45, 7) is 3.24. The number of nitrogens with one attached hydrogen (secondary N) is 1. The van der Waals surface area contributed by atoms with E-state index < -0.39 is 21.9 Å². The summed E-state index contributed by atoms with van der Waals surface area (Å²) in [5.41, 5.74) is 6.34. The highest BCUT2D eigenvalue weighted by molar-refractivity contribution is 7.89. The molecular formula is C14H16FN3O2S.